The van der Waals surface area contributed by atoms with Crippen LogP contribution in [0.3, 0.4) is 0 Å². The number of hydrogen-bond acceptors (Lipinski definition) is 5. The highest BCUT2D eigenvalue weighted by atomic mass is 32.1. The summed E-state index contributed by atoms with van der Waals surface area (Å²) in [5, 5.41) is 16.9. The van der Waals surface area contributed by atoms with E-state index in [-0.39, 0.29) is 5.71 Å². The van der Waals surface area contributed by atoms with Crippen molar-refractivity contribution in [3.8, 4) is 0 Å². The molecule has 0 bridgehead atoms. The summed E-state index contributed by atoms with van der Waals surface area (Å²) in [5.74, 6) is -2.10. The monoisotopic (exact) mass is 294 g/mol. The van der Waals surface area contributed by atoms with Crippen LogP contribution in [-0.4, -0.2) is 36.1 Å². The van der Waals surface area contributed by atoms with Crippen molar-refractivity contribution in [2.75, 3.05) is 7.11 Å². The van der Waals surface area contributed by atoms with Crippen LogP contribution in [0, 0.1) is 0 Å². The van der Waals surface area contributed by atoms with Crippen molar-refractivity contribution >= 4 is 23.0 Å². The predicted molar refractivity (Wildman–Crippen MR) is 60.8 cm³/mol. The number of carbonyl (C=O) groups is 1. The minimum atomic E-state index is -5.00. The van der Waals surface area contributed by atoms with Gasteiger partial charge in [-0.2, -0.15) is 13.2 Å². The second-order valence-corrected chi connectivity index (χ2v) is 4.67. The zero-order valence-corrected chi connectivity index (χ0v) is 10.4. The Morgan fingerprint density at radius 1 is 1.58 bits per heavy atom. The van der Waals surface area contributed by atoms with Crippen LogP contribution in [-0.2, 0) is 9.63 Å². The summed E-state index contributed by atoms with van der Waals surface area (Å²) < 4.78 is 36.7. The maximum absolute atomic E-state index is 12.2. The third kappa shape index (κ3) is 2.43. The van der Waals surface area contributed by atoms with Gasteiger partial charge >= 0.3 is 12.1 Å². The molecule has 0 unspecified atom stereocenters. The lowest BCUT2D eigenvalue weighted by atomic mass is 10.1. The molecule has 2 N–H and O–H groups in total. The molecule has 0 aromatic carbocycles. The van der Waals surface area contributed by atoms with Crippen molar-refractivity contribution in [3.63, 3.8) is 0 Å². The maximum Gasteiger partial charge on any atom is 0.471 e. The van der Waals surface area contributed by atoms with Crippen LogP contribution < -0.4 is 5.32 Å². The maximum atomic E-state index is 12.2. The molecule has 5 nitrogen and oxygen atoms in total. The zero-order valence-electron chi connectivity index (χ0n) is 9.56. The fourth-order valence-electron chi connectivity index (χ4n) is 1.81. The smallest absolute Gasteiger partial charge is 0.399 e. The minimum absolute atomic E-state index is 0.111. The Hall–Kier alpha value is -1.61. The molecule has 0 radical (unpaired) electrons. The summed E-state index contributed by atoms with van der Waals surface area (Å²) in [6.07, 6.45) is -6.37. The topological polar surface area (TPSA) is 70.9 Å². The number of fused-ring (bicyclic) bond motifs is 1. The average molecular weight is 294 g/mol. The summed E-state index contributed by atoms with van der Waals surface area (Å²) in [7, 11) is 1.26. The van der Waals surface area contributed by atoms with Crippen LogP contribution in [0.15, 0.2) is 16.6 Å². The molecule has 104 valence electrons. The first-order valence-corrected chi connectivity index (χ1v) is 5.98. The Balaban J connectivity index is 2.29. The number of aliphatic hydroxyl groups is 1. The van der Waals surface area contributed by atoms with Crippen LogP contribution in [0.5, 0.6) is 0 Å². The highest BCUT2D eigenvalue weighted by Crippen LogP contribution is 2.36. The molecule has 2 rings (SSSR count). The third-order valence-corrected chi connectivity index (χ3v) is 3.55. The van der Waals surface area contributed by atoms with Crippen molar-refractivity contribution in [3.05, 3.63) is 21.9 Å². The normalized spacial score (nSPS) is 24.4. The Labute approximate surface area is 109 Å². The van der Waals surface area contributed by atoms with Gasteiger partial charge < -0.3 is 15.3 Å². The number of rotatable bonds is 2. The van der Waals surface area contributed by atoms with Crippen LogP contribution in [0.1, 0.15) is 16.5 Å². The van der Waals surface area contributed by atoms with Gasteiger partial charge in [0.05, 0.1) is 10.9 Å². The molecule has 0 saturated carbocycles. The summed E-state index contributed by atoms with van der Waals surface area (Å²) >= 11 is 1.20. The molecule has 0 aliphatic heterocycles. The largest absolute Gasteiger partial charge is 0.471 e. The van der Waals surface area contributed by atoms with Gasteiger partial charge in [0.2, 0.25) is 0 Å². The van der Waals surface area contributed by atoms with E-state index in [1.807, 2.05) is 0 Å². The van der Waals surface area contributed by atoms with Gasteiger partial charge in [-0.25, -0.2) is 0 Å². The van der Waals surface area contributed by atoms with Crippen molar-refractivity contribution < 1.29 is 27.9 Å². The van der Waals surface area contributed by atoms with E-state index in [0.717, 1.165) is 0 Å². The van der Waals surface area contributed by atoms with Gasteiger partial charge in [-0.3, -0.25) is 4.79 Å². The number of carbonyl (C=O) groups excluding carboxylic acids is 1. The molecule has 2 atom stereocenters. The molecule has 0 spiro atoms. The van der Waals surface area contributed by atoms with Crippen LogP contribution in [0.2, 0.25) is 0 Å². The van der Waals surface area contributed by atoms with E-state index in [1.54, 1.807) is 10.7 Å². The molecule has 0 fully saturated rings. The molecule has 1 aromatic heterocycles. The summed E-state index contributed by atoms with van der Waals surface area (Å²) in [5.41, 5.74) is 0.505. The van der Waals surface area contributed by atoms with Gasteiger partial charge in [-0.15, -0.1) is 11.3 Å². The molecule has 1 aliphatic rings. The third-order valence-electron chi connectivity index (χ3n) is 2.59. The first kappa shape index (κ1) is 13.8. The van der Waals surface area contributed by atoms with Crippen molar-refractivity contribution in [1.29, 1.82) is 0 Å². The average Bonchev–Trinajstić information content (AvgIpc) is 2.86. The van der Waals surface area contributed by atoms with Gasteiger partial charge in [0.1, 0.15) is 18.9 Å². The number of amides is 1. The number of hydrogen-bond donors (Lipinski definition) is 2. The Morgan fingerprint density at radius 2 is 2.26 bits per heavy atom. The molecular formula is C10H9F3N2O3S. The SMILES string of the molecule is CO/N=C1\c2sccc2[C@H](NC(=O)C(F)(F)F)[C@@H]1O. The summed E-state index contributed by atoms with van der Waals surface area (Å²) in [4.78, 5) is 16.0. The molecule has 19 heavy (non-hydrogen) atoms. The second kappa shape index (κ2) is 4.82. The molecule has 1 aliphatic carbocycles. The highest BCUT2D eigenvalue weighted by molar-refractivity contribution is 7.12. The lowest BCUT2D eigenvalue weighted by molar-refractivity contribution is -0.174. The van der Waals surface area contributed by atoms with Gasteiger partial charge in [0.25, 0.3) is 0 Å². The molecule has 1 amide bonds. The summed E-state index contributed by atoms with van der Waals surface area (Å²) in [6.45, 7) is 0. The van der Waals surface area contributed by atoms with Gasteiger partial charge in [0.15, 0.2) is 0 Å². The number of aliphatic hydroxyl groups excluding tert-OH is 1. The quantitative estimate of drug-likeness (QED) is 0.805. The van der Waals surface area contributed by atoms with E-state index >= 15 is 0 Å². The standard InChI is InChI=1S/C10H9F3N2O3S/c1-18-15-6-7(16)5(4-2-3-19-8(4)6)14-9(17)10(11,12)13/h2-3,5,7,16H,1H3,(H,14,17)/b15-6-/t5-,7-/m0/s1. The number of nitrogens with zero attached hydrogens (tertiary/aromatic N) is 1. The van der Waals surface area contributed by atoms with E-state index < -0.39 is 24.2 Å². The minimum Gasteiger partial charge on any atom is -0.399 e. The lowest BCUT2D eigenvalue weighted by Crippen LogP contribution is -2.42. The molecule has 9 heteroatoms. The van der Waals surface area contributed by atoms with Crippen molar-refractivity contribution in [2.45, 2.75) is 18.3 Å². The van der Waals surface area contributed by atoms with E-state index in [4.69, 9.17) is 0 Å². The first-order chi connectivity index (χ1) is 8.86. The van der Waals surface area contributed by atoms with Crippen molar-refractivity contribution in [1.82, 2.24) is 5.32 Å². The van der Waals surface area contributed by atoms with Gasteiger partial charge in [0, 0.05) is 0 Å². The van der Waals surface area contributed by atoms with E-state index in [9.17, 15) is 23.1 Å². The number of nitrogens with one attached hydrogen (secondary N) is 1. The van der Waals surface area contributed by atoms with Crippen molar-refractivity contribution in [2.24, 2.45) is 5.16 Å². The van der Waals surface area contributed by atoms with E-state index in [2.05, 4.69) is 9.99 Å². The Morgan fingerprint density at radius 3 is 2.84 bits per heavy atom. The fourth-order valence-corrected chi connectivity index (χ4v) is 2.77. The Bertz CT molecular complexity index is 526. The first-order valence-electron chi connectivity index (χ1n) is 5.10. The van der Waals surface area contributed by atoms with E-state index in [0.29, 0.717) is 10.4 Å². The number of halogens is 3. The molecule has 0 saturated heterocycles. The lowest BCUT2D eigenvalue weighted by Gasteiger charge is -2.18. The summed E-state index contributed by atoms with van der Waals surface area (Å²) in [6, 6.07) is 0.354. The fraction of sp³-hybridized carbons (Fsp3) is 0.400. The molecular weight excluding hydrogens is 285 g/mol. The number of oxime groups is 1. The van der Waals surface area contributed by atoms with Crippen LogP contribution >= 0.6 is 11.3 Å². The van der Waals surface area contributed by atoms with Gasteiger partial charge in [-0.05, 0) is 17.0 Å². The van der Waals surface area contributed by atoms with Gasteiger partial charge in [-0.1, -0.05) is 5.16 Å². The van der Waals surface area contributed by atoms with Crippen LogP contribution in [0.4, 0.5) is 13.2 Å². The second-order valence-electron chi connectivity index (χ2n) is 3.76. The molecule has 1 aromatic rings. The number of thiophene rings is 1. The zero-order chi connectivity index (χ0) is 14.2. The molecule has 1 heterocycles. The Kier molecular flexibility index (Phi) is 3.50. The highest BCUT2D eigenvalue weighted by Gasteiger charge is 2.45. The van der Waals surface area contributed by atoms with E-state index in [1.165, 1.54) is 24.5 Å². The predicted octanol–water partition coefficient (Wildman–Crippen LogP) is 1.19. The van der Waals surface area contributed by atoms with Crippen LogP contribution in [0.25, 0.3) is 0 Å². The number of alkyl halides is 3.